The minimum Gasteiger partial charge on any atom is -0.375 e. The van der Waals surface area contributed by atoms with Crippen LogP contribution in [0.2, 0.25) is 0 Å². The van der Waals surface area contributed by atoms with E-state index >= 15 is 0 Å². The van der Waals surface area contributed by atoms with Crippen LogP contribution in [0.4, 0.5) is 4.39 Å². The maximum Gasteiger partial charge on any atom is 0.123 e. The molecule has 0 amide bonds. The third-order valence-corrected chi connectivity index (χ3v) is 6.31. The molecular formula is C25H30FNO. The van der Waals surface area contributed by atoms with Gasteiger partial charge in [0.25, 0.3) is 0 Å². The first-order chi connectivity index (χ1) is 13.6. The van der Waals surface area contributed by atoms with Crippen LogP contribution >= 0.6 is 0 Å². The van der Waals surface area contributed by atoms with Crippen molar-refractivity contribution in [1.29, 1.82) is 0 Å². The van der Waals surface area contributed by atoms with Gasteiger partial charge in [-0.25, -0.2) is 4.39 Å². The number of aromatic nitrogens is 1. The molecule has 0 saturated heterocycles. The van der Waals surface area contributed by atoms with Crippen LogP contribution in [0.15, 0.2) is 48.7 Å². The first kappa shape index (κ1) is 19.3. The van der Waals surface area contributed by atoms with Crippen molar-refractivity contribution in [3.8, 4) is 11.1 Å². The quantitative estimate of drug-likeness (QED) is 0.590. The largest absolute Gasteiger partial charge is 0.375 e. The molecule has 3 heteroatoms. The molecule has 0 N–H and O–H groups in total. The summed E-state index contributed by atoms with van der Waals surface area (Å²) in [6, 6.07) is 10.7. The van der Waals surface area contributed by atoms with Crippen molar-refractivity contribution in [1.82, 2.24) is 4.98 Å². The highest BCUT2D eigenvalue weighted by Gasteiger charge is 2.43. The summed E-state index contributed by atoms with van der Waals surface area (Å²) >= 11 is 0. The summed E-state index contributed by atoms with van der Waals surface area (Å²) in [5.41, 5.74) is 2.74. The average molecular weight is 380 g/mol. The molecule has 4 atom stereocenters. The normalized spacial score (nSPS) is 27.4. The highest BCUT2D eigenvalue weighted by Crippen LogP contribution is 2.48. The van der Waals surface area contributed by atoms with Crippen molar-refractivity contribution < 1.29 is 9.13 Å². The van der Waals surface area contributed by atoms with E-state index in [0.29, 0.717) is 12.0 Å². The average Bonchev–Trinajstić information content (AvgIpc) is 3.03. The number of rotatable bonds is 5. The molecule has 1 aromatic carbocycles. The lowest BCUT2D eigenvalue weighted by Crippen LogP contribution is -2.24. The fraction of sp³-hybridized carbons (Fsp3) is 0.480. The highest BCUT2D eigenvalue weighted by atomic mass is 19.1. The lowest BCUT2D eigenvalue weighted by Gasteiger charge is -2.28. The van der Waals surface area contributed by atoms with Crippen molar-refractivity contribution >= 4 is 6.08 Å². The number of halogens is 1. The van der Waals surface area contributed by atoms with E-state index in [1.807, 2.05) is 24.4 Å². The van der Waals surface area contributed by atoms with Crippen LogP contribution in [-0.2, 0) is 4.74 Å². The second-order valence-electron chi connectivity index (χ2n) is 8.59. The van der Waals surface area contributed by atoms with Crippen LogP contribution in [0.3, 0.4) is 0 Å². The maximum absolute atomic E-state index is 13.4. The van der Waals surface area contributed by atoms with Gasteiger partial charge in [0, 0.05) is 17.7 Å². The summed E-state index contributed by atoms with van der Waals surface area (Å²) in [6.45, 7) is 4.27. The Morgan fingerprint density at radius 3 is 2.71 bits per heavy atom. The second-order valence-corrected chi connectivity index (χ2v) is 8.59. The number of hydrogen-bond donors (Lipinski definition) is 0. The van der Waals surface area contributed by atoms with Crippen LogP contribution in [0.25, 0.3) is 17.2 Å². The summed E-state index contributed by atoms with van der Waals surface area (Å²) < 4.78 is 19.7. The van der Waals surface area contributed by atoms with E-state index in [9.17, 15) is 4.39 Å². The molecule has 0 aliphatic heterocycles. The number of nitrogens with zero attached hydrogens (tertiary/aromatic N) is 1. The van der Waals surface area contributed by atoms with Gasteiger partial charge < -0.3 is 4.74 Å². The smallest absolute Gasteiger partial charge is 0.123 e. The van der Waals surface area contributed by atoms with Gasteiger partial charge in [0.1, 0.15) is 5.82 Å². The highest BCUT2D eigenvalue weighted by molar-refractivity contribution is 5.63. The molecule has 2 nitrogen and oxygen atoms in total. The molecule has 2 aliphatic carbocycles. The monoisotopic (exact) mass is 379 g/mol. The number of hydrogen-bond acceptors (Lipinski definition) is 2. The lowest BCUT2D eigenvalue weighted by atomic mass is 9.78. The predicted octanol–water partition coefficient (Wildman–Crippen LogP) is 6.52. The van der Waals surface area contributed by atoms with Gasteiger partial charge in [-0.15, -0.1) is 0 Å². The van der Waals surface area contributed by atoms with Gasteiger partial charge in [-0.2, -0.15) is 0 Å². The van der Waals surface area contributed by atoms with E-state index in [4.69, 9.17) is 4.74 Å². The van der Waals surface area contributed by atoms with Crippen molar-refractivity contribution in [2.24, 2.45) is 17.8 Å². The zero-order valence-corrected chi connectivity index (χ0v) is 16.9. The zero-order valence-electron chi connectivity index (χ0n) is 16.9. The third kappa shape index (κ3) is 4.35. The summed E-state index contributed by atoms with van der Waals surface area (Å²) in [5.74, 6) is 1.83. The Bertz CT molecular complexity index is 814. The minimum atomic E-state index is -0.221. The van der Waals surface area contributed by atoms with E-state index in [0.717, 1.165) is 28.7 Å². The first-order valence-electron chi connectivity index (χ1n) is 10.7. The Balaban J connectivity index is 1.50. The molecule has 0 radical (unpaired) electrons. The Hall–Kier alpha value is -2.00. The molecule has 1 heterocycles. The van der Waals surface area contributed by atoms with Crippen LogP contribution in [0.1, 0.15) is 51.6 Å². The molecule has 0 bridgehead atoms. The van der Waals surface area contributed by atoms with Crippen molar-refractivity contribution in [2.45, 2.75) is 58.2 Å². The van der Waals surface area contributed by atoms with Gasteiger partial charge in [0.05, 0.1) is 17.9 Å². The standard InChI is InChI=1S/C25H30FNO/c1-17(2)28-25-15-19-6-3-4-9-23(19)24(25)13-12-22-11-10-20(16-27-22)18-7-5-8-21(26)14-18/h5,7-8,10-14,16-17,19,23-25H,3-4,6,9,15H2,1-2H3/b13-12+/t19-,23-,24+,25+/m1/s1. The van der Waals surface area contributed by atoms with E-state index in [2.05, 4.69) is 31.0 Å². The van der Waals surface area contributed by atoms with Crippen molar-refractivity contribution in [3.63, 3.8) is 0 Å². The fourth-order valence-corrected chi connectivity index (χ4v) is 5.08. The van der Waals surface area contributed by atoms with E-state index < -0.39 is 0 Å². The van der Waals surface area contributed by atoms with Gasteiger partial charge in [0.15, 0.2) is 0 Å². The summed E-state index contributed by atoms with van der Waals surface area (Å²) in [7, 11) is 0. The molecule has 0 unspecified atom stereocenters. The van der Waals surface area contributed by atoms with Crippen LogP contribution in [0, 0.1) is 23.6 Å². The second kappa shape index (κ2) is 8.57. The molecule has 2 fully saturated rings. The molecule has 0 spiro atoms. The summed E-state index contributed by atoms with van der Waals surface area (Å²) in [5, 5.41) is 0. The minimum absolute atomic E-state index is 0.221. The molecule has 28 heavy (non-hydrogen) atoms. The van der Waals surface area contributed by atoms with E-state index in [1.165, 1.54) is 38.2 Å². The Labute approximate surface area is 167 Å². The molecule has 1 aromatic heterocycles. The van der Waals surface area contributed by atoms with Gasteiger partial charge in [0.2, 0.25) is 0 Å². The maximum atomic E-state index is 13.4. The van der Waals surface area contributed by atoms with Gasteiger partial charge in [-0.1, -0.05) is 43.5 Å². The zero-order chi connectivity index (χ0) is 19.5. The number of ether oxygens (including phenoxy) is 1. The Morgan fingerprint density at radius 1 is 1.11 bits per heavy atom. The first-order valence-corrected chi connectivity index (χ1v) is 10.7. The Kier molecular flexibility index (Phi) is 5.91. The Morgan fingerprint density at radius 2 is 1.96 bits per heavy atom. The van der Waals surface area contributed by atoms with Gasteiger partial charge in [-0.3, -0.25) is 4.98 Å². The van der Waals surface area contributed by atoms with Crippen molar-refractivity contribution in [3.05, 3.63) is 60.2 Å². The number of benzene rings is 1. The topological polar surface area (TPSA) is 22.1 Å². The van der Waals surface area contributed by atoms with Crippen LogP contribution in [-0.4, -0.2) is 17.2 Å². The molecular weight excluding hydrogens is 349 g/mol. The molecule has 2 aliphatic rings. The molecule has 2 aromatic rings. The van der Waals surface area contributed by atoms with Gasteiger partial charge >= 0.3 is 0 Å². The predicted molar refractivity (Wildman–Crippen MR) is 112 cm³/mol. The molecule has 2 saturated carbocycles. The van der Waals surface area contributed by atoms with E-state index in [1.54, 1.807) is 12.1 Å². The van der Waals surface area contributed by atoms with E-state index in [-0.39, 0.29) is 11.9 Å². The molecule has 148 valence electrons. The number of fused-ring (bicyclic) bond motifs is 1. The number of pyridine rings is 1. The lowest BCUT2D eigenvalue weighted by molar-refractivity contribution is -0.00818. The SMILES string of the molecule is CC(C)O[C@H]1C[C@H]2CCCC[C@H]2[C@@H]1/C=C/c1ccc(-c2cccc(F)c2)cn1. The van der Waals surface area contributed by atoms with Crippen LogP contribution < -0.4 is 0 Å². The van der Waals surface area contributed by atoms with Crippen LogP contribution in [0.5, 0.6) is 0 Å². The van der Waals surface area contributed by atoms with Gasteiger partial charge in [-0.05, 0) is 68.4 Å². The summed E-state index contributed by atoms with van der Waals surface area (Å²) in [6.07, 6.45) is 13.5. The molecule has 4 rings (SSSR count). The fourth-order valence-electron chi connectivity index (χ4n) is 5.08. The summed E-state index contributed by atoms with van der Waals surface area (Å²) in [4.78, 5) is 4.59. The van der Waals surface area contributed by atoms with Crippen molar-refractivity contribution in [2.75, 3.05) is 0 Å². The third-order valence-electron chi connectivity index (χ3n) is 6.31.